The van der Waals surface area contributed by atoms with E-state index in [1.54, 1.807) is 18.2 Å². The Labute approximate surface area is 137 Å². The number of hydrogen-bond acceptors (Lipinski definition) is 5. The first-order chi connectivity index (χ1) is 11.1. The van der Waals surface area contributed by atoms with Crippen LogP contribution in [0.5, 0.6) is 5.75 Å². The highest BCUT2D eigenvalue weighted by molar-refractivity contribution is 7.98. The van der Waals surface area contributed by atoms with Crippen molar-refractivity contribution >= 4 is 23.7 Å². The monoisotopic (exact) mass is 333 g/mol. The molecule has 2 rings (SSSR count). The molecule has 0 saturated heterocycles. The summed E-state index contributed by atoms with van der Waals surface area (Å²) >= 11 is 1.53. The summed E-state index contributed by atoms with van der Waals surface area (Å²) in [5.74, 6) is 0.675. The molecule has 0 bridgehead atoms. The number of benzene rings is 2. The summed E-state index contributed by atoms with van der Waals surface area (Å²) in [6.07, 6.45) is 1.35. The van der Waals surface area contributed by atoms with Gasteiger partial charge in [-0.05, 0) is 17.2 Å². The van der Waals surface area contributed by atoms with E-state index in [0.29, 0.717) is 23.6 Å². The zero-order valence-corrected chi connectivity index (χ0v) is 13.0. The van der Waals surface area contributed by atoms with Crippen molar-refractivity contribution in [2.45, 2.75) is 5.75 Å². The molecule has 0 fully saturated rings. The second-order valence-electron chi connectivity index (χ2n) is 4.66. The summed E-state index contributed by atoms with van der Waals surface area (Å²) in [6.45, 7) is 0.446. The van der Waals surface area contributed by atoms with E-state index in [4.69, 9.17) is 0 Å². The third kappa shape index (κ3) is 5.07. The van der Waals surface area contributed by atoms with E-state index in [9.17, 15) is 19.6 Å². The first-order valence-electron chi connectivity index (χ1n) is 6.84. The molecule has 2 aromatic rings. The Morgan fingerprint density at radius 2 is 2.04 bits per heavy atom. The number of non-ortho nitro benzene ring substituents is 1. The fourth-order valence-electron chi connectivity index (χ4n) is 1.83. The van der Waals surface area contributed by atoms with Gasteiger partial charge in [-0.1, -0.05) is 30.0 Å². The van der Waals surface area contributed by atoms with Crippen LogP contribution in [0, 0.1) is 15.9 Å². The number of hydrogen-bond donors (Lipinski definition) is 0. The molecule has 0 saturated carbocycles. The molecule has 0 aromatic heterocycles. The first kappa shape index (κ1) is 17.0. The van der Waals surface area contributed by atoms with E-state index in [1.165, 1.54) is 36.2 Å². The molecule has 0 heterocycles. The van der Waals surface area contributed by atoms with Crippen LogP contribution in [0.15, 0.2) is 47.5 Å². The average Bonchev–Trinajstić information content (AvgIpc) is 2.53. The number of nitro benzene ring substituents is 1. The minimum absolute atomic E-state index is 0.139. The normalized spacial score (nSPS) is 11.0. The smallest absolute Gasteiger partial charge is 0.270 e. The number of rotatable bonds is 7. The minimum Gasteiger partial charge on any atom is -0.872 e. The van der Waals surface area contributed by atoms with Gasteiger partial charge in [0.25, 0.3) is 5.69 Å². The van der Waals surface area contributed by atoms with Crippen molar-refractivity contribution in [3.05, 3.63) is 69.5 Å². The highest BCUT2D eigenvalue weighted by Crippen LogP contribution is 2.19. The van der Waals surface area contributed by atoms with Crippen LogP contribution in [0.4, 0.5) is 10.1 Å². The Balaban J connectivity index is 1.82. The number of aliphatic imine (C=N–C) groups is 1. The molecule has 0 atom stereocenters. The second kappa shape index (κ2) is 8.28. The maximum absolute atomic E-state index is 13.4. The third-order valence-electron chi connectivity index (χ3n) is 3.01. The van der Waals surface area contributed by atoms with Crippen LogP contribution in [0.2, 0.25) is 0 Å². The average molecular weight is 333 g/mol. The molecule has 0 aliphatic carbocycles. The van der Waals surface area contributed by atoms with Gasteiger partial charge in [0.2, 0.25) is 0 Å². The molecule has 120 valence electrons. The van der Waals surface area contributed by atoms with Crippen LogP contribution < -0.4 is 5.11 Å². The molecule has 0 spiro atoms. The lowest BCUT2D eigenvalue weighted by molar-refractivity contribution is -0.385. The topological polar surface area (TPSA) is 78.6 Å². The van der Waals surface area contributed by atoms with E-state index in [-0.39, 0.29) is 22.8 Å². The number of thioether (sulfide) groups is 1. The van der Waals surface area contributed by atoms with E-state index in [0.717, 1.165) is 6.07 Å². The summed E-state index contributed by atoms with van der Waals surface area (Å²) in [6, 6.07) is 10.1. The minimum atomic E-state index is -0.555. The van der Waals surface area contributed by atoms with Crippen molar-refractivity contribution in [1.29, 1.82) is 0 Å². The largest absolute Gasteiger partial charge is 0.872 e. The molecular formula is C16H14FN2O3S-. The predicted octanol–water partition coefficient (Wildman–Crippen LogP) is 3.16. The van der Waals surface area contributed by atoms with Crippen LogP contribution in [-0.2, 0) is 5.75 Å². The number of nitro groups is 1. The SMILES string of the molecule is O=[N+]([O-])c1ccc([O-])c(C=NCCSCc2ccccc2F)c1. The van der Waals surface area contributed by atoms with Gasteiger partial charge in [-0.15, -0.1) is 0 Å². The molecule has 0 unspecified atom stereocenters. The van der Waals surface area contributed by atoms with Crippen LogP contribution in [0.3, 0.4) is 0 Å². The van der Waals surface area contributed by atoms with Gasteiger partial charge in [-0.2, -0.15) is 11.8 Å². The molecule has 5 nitrogen and oxygen atoms in total. The molecule has 0 N–H and O–H groups in total. The molecule has 0 aliphatic rings. The maximum atomic E-state index is 13.4. The Morgan fingerprint density at radius 1 is 1.26 bits per heavy atom. The quantitative estimate of drug-likeness (QED) is 0.337. The summed E-state index contributed by atoms with van der Waals surface area (Å²) < 4.78 is 13.4. The number of halogens is 1. The van der Waals surface area contributed by atoms with Gasteiger partial charge in [0, 0.05) is 36.4 Å². The summed E-state index contributed by atoms with van der Waals surface area (Å²) in [4.78, 5) is 14.2. The lowest BCUT2D eigenvalue weighted by atomic mass is 10.2. The van der Waals surface area contributed by atoms with E-state index in [2.05, 4.69) is 4.99 Å². The third-order valence-corrected chi connectivity index (χ3v) is 4.00. The fourth-order valence-corrected chi connectivity index (χ4v) is 2.66. The van der Waals surface area contributed by atoms with Crippen molar-refractivity contribution in [2.24, 2.45) is 4.99 Å². The van der Waals surface area contributed by atoms with Crippen LogP contribution >= 0.6 is 11.8 Å². The molecule has 7 heteroatoms. The van der Waals surface area contributed by atoms with E-state index < -0.39 is 4.92 Å². The molecule has 23 heavy (non-hydrogen) atoms. The van der Waals surface area contributed by atoms with Crippen LogP contribution in [-0.4, -0.2) is 23.4 Å². The van der Waals surface area contributed by atoms with Crippen molar-refractivity contribution in [2.75, 3.05) is 12.3 Å². The molecule has 0 amide bonds. The molecule has 0 radical (unpaired) electrons. The van der Waals surface area contributed by atoms with Crippen molar-refractivity contribution in [3.8, 4) is 5.75 Å². The highest BCUT2D eigenvalue weighted by Gasteiger charge is 2.05. The lowest BCUT2D eigenvalue weighted by Gasteiger charge is -2.08. The summed E-state index contributed by atoms with van der Waals surface area (Å²) in [5.41, 5.74) is 0.695. The lowest BCUT2D eigenvalue weighted by Crippen LogP contribution is -1.99. The molecule has 0 aliphatic heterocycles. The number of nitrogens with zero attached hydrogens (tertiary/aromatic N) is 2. The van der Waals surface area contributed by atoms with Gasteiger partial charge >= 0.3 is 0 Å². The molecular weight excluding hydrogens is 319 g/mol. The second-order valence-corrected chi connectivity index (χ2v) is 5.76. The van der Waals surface area contributed by atoms with E-state index >= 15 is 0 Å². The Kier molecular flexibility index (Phi) is 6.10. The summed E-state index contributed by atoms with van der Waals surface area (Å²) in [7, 11) is 0. The highest BCUT2D eigenvalue weighted by atomic mass is 32.2. The Bertz CT molecular complexity index is 722. The zero-order valence-electron chi connectivity index (χ0n) is 12.1. The van der Waals surface area contributed by atoms with Crippen molar-refractivity contribution in [1.82, 2.24) is 0 Å². The fraction of sp³-hybridized carbons (Fsp3) is 0.188. The van der Waals surface area contributed by atoms with Gasteiger partial charge in [0.05, 0.1) is 4.92 Å². The Morgan fingerprint density at radius 3 is 2.78 bits per heavy atom. The maximum Gasteiger partial charge on any atom is 0.270 e. The van der Waals surface area contributed by atoms with Crippen molar-refractivity contribution in [3.63, 3.8) is 0 Å². The standard InChI is InChI=1S/C16H15FN2O3S/c17-15-4-2-1-3-12(15)11-23-8-7-18-10-13-9-14(19(21)22)5-6-16(13)20/h1-6,9-10,20H,7-8,11H2/p-1. The van der Waals surface area contributed by atoms with Gasteiger partial charge in [0.1, 0.15) is 5.82 Å². The van der Waals surface area contributed by atoms with Crippen LogP contribution in [0.25, 0.3) is 0 Å². The van der Waals surface area contributed by atoms with Crippen LogP contribution in [0.1, 0.15) is 11.1 Å². The van der Waals surface area contributed by atoms with Gasteiger partial charge in [-0.25, -0.2) is 4.39 Å². The van der Waals surface area contributed by atoms with Gasteiger partial charge in [-0.3, -0.25) is 15.1 Å². The zero-order chi connectivity index (χ0) is 16.7. The van der Waals surface area contributed by atoms with E-state index in [1.807, 2.05) is 0 Å². The molecule has 2 aromatic carbocycles. The first-order valence-corrected chi connectivity index (χ1v) is 8.00. The summed E-state index contributed by atoms with van der Waals surface area (Å²) in [5, 5.41) is 22.2. The predicted molar refractivity (Wildman–Crippen MR) is 87.6 cm³/mol. The Hall–Kier alpha value is -2.41. The van der Waals surface area contributed by atoms with Crippen molar-refractivity contribution < 1.29 is 14.4 Å². The van der Waals surface area contributed by atoms with Gasteiger partial charge < -0.3 is 5.11 Å². The van der Waals surface area contributed by atoms with Gasteiger partial charge in [0.15, 0.2) is 0 Å².